The number of carbonyl (C=O) groups excluding carboxylic acids is 1. The Morgan fingerprint density at radius 2 is 2.04 bits per heavy atom. The Bertz CT molecular complexity index is 758. The number of nitrogens with one attached hydrogen (secondary N) is 2. The Labute approximate surface area is 165 Å². The van der Waals surface area contributed by atoms with Gasteiger partial charge in [0.25, 0.3) is 0 Å². The zero-order valence-corrected chi connectivity index (χ0v) is 17.0. The normalized spacial score (nSPS) is 19.7. The smallest absolute Gasteiger partial charge is 0.224 e. The van der Waals surface area contributed by atoms with Crippen LogP contribution in [-0.2, 0) is 11.2 Å². The molecule has 0 bridgehead atoms. The summed E-state index contributed by atoms with van der Waals surface area (Å²) < 4.78 is 1.88. The van der Waals surface area contributed by atoms with Crippen LogP contribution < -0.4 is 10.6 Å². The van der Waals surface area contributed by atoms with Crippen LogP contribution in [0.3, 0.4) is 0 Å². The van der Waals surface area contributed by atoms with Gasteiger partial charge in [-0.25, -0.2) is 4.68 Å². The molecule has 0 aliphatic carbocycles. The number of amides is 1. The molecule has 3 rings (SSSR count). The van der Waals surface area contributed by atoms with Crippen molar-refractivity contribution in [2.75, 3.05) is 6.54 Å². The number of nitrogens with zero attached hydrogens (tertiary/aromatic N) is 2. The van der Waals surface area contributed by atoms with Crippen molar-refractivity contribution in [3.05, 3.63) is 46.2 Å². The highest BCUT2D eigenvalue weighted by molar-refractivity contribution is 6.30. The summed E-state index contributed by atoms with van der Waals surface area (Å²) in [5, 5.41) is 11.9. The van der Waals surface area contributed by atoms with Crippen molar-refractivity contribution in [1.29, 1.82) is 0 Å². The number of aromatic nitrogens is 2. The first kappa shape index (κ1) is 20.7. The van der Waals surface area contributed by atoms with Crippen LogP contribution in [0.4, 0.5) is 0 Å². The van der Waals surface area contributed by atoms with Crippen LogP contribution in [-0.4, -0.2) is 34.3 Å². The minimum atomic E-state index is 0. The average molecular weight is 397 g/mol. The third-order valence-corrected chi connectivity index (χ3v) is 5.09. The zero-order chi connectivity index (χ0) is 18.0. The third kappa shape index (κ3) is 4.78. The SMILES string of the molecule is Cc1nn(-c2ccc(Cl)cc2)c(C)c1CC(=O)NC1CCNC(C)C1.Cl. The van der Waals surface area contributed by atoms with Crippen molar-refractivity contribution >= 4 is 29.9 Å². The summed E-state index contributed by atoms with van der Waals surface area (Å²) in [6.45, 7) is 7.07. The lowest BCUT2D eigenvalue weighted by molar-refractivity contribution is -0.121. The van der Waals surface area contributed by atoms with Gasteiger partial charge in [-0.05, 0) is 64.4 Å². The maximum atomic E-state index is 12.5. The summed E-state index contributed by atoms with van der Waals surface area (Å²) in [4.78, 5) is 12.5. The minimum Gasteiger partial charge on any atom is -0.353 e. The molecular weight excluding hydrogens is 371 g/mol. The average Bonchev–Trinajstić information content (AvgIpc) is 2.84. The summed E-state index contributed by atoms with van der Waals surface area (Å²) in [5.41, 5.74) is 3.83. The molecule has 2 heterocycles. The van der Waals surface area contributed by atoms with Crippen LogP contribution >= 0.6 is 24.0 Å². The first-order valence-corrected chi connectivity index (χ1v) is 9.15. The highest BCUT2D eigenvalue weighted by Gasteiger charge is 2.21. The fraction of sp³-hybridized carbons (Fsp3) is 0.474. The molecule has 2 unspecified atom stereocenters. The van der Waals surface area contributed by atoms with Crippen molar-refractivity contribution in [3.63, 3.8) is 0 Å². The number of rotatable bonds is 4. The number of halogens is 2. The number of hydrogen-bond acceptors (Lipinski definition) is 3. The van der Waals surface area contributed by atoms with Gasteiger partial charge in [0.15, 0.2) is 0 Å². The number of hydrogen-bond donors (Lipinski definition) is 2. The lowest BCUT2D eigenvalue weighted by Gasteiger charge is -2.28. The molecule has 142 valence electrons. The Morgan fingerprint density at radius 3 is 2.69 bits per heavy atom. The van der Waals surface area contributed by atoms with E-state index in [1.54, 1.807) is 0 Å². The lowest BCUT2D eigenvalue weighted by atomic mass is 10.00. The Morgan fingerprint density at radius 1 is 1.35 bits per heavy atom. The molecule has 0 spiro atoms. The monoisotopic (exact) mass is 396 g/mol. The van der Waals surface area contributed by atoms with Crippen LogP contribution in [0.25, 0.3) is 5.69 Å². The molecule has 5 nitrogen and oxygen atoms in total. The van der Waals surface area contributed by atoms with Crippen molar-refractivity contribution in [2.24, 2.45) is 0 Å². The summed E-state index contributed by atoms with van der Waals surface area (Å²) in [5.74, 6) is 0.0703. The van der Waals surface area contributed by atoms with E-state index in [9.17, 15) is 4.79 Å². The number of piperidine rings is 1. The van der Waals surface area contributed by atoms with E-state index in [2.05, 4.69) is 22.7 Å². The molecule has 1 aromatic heterocycles. The molecular formula is C19H26Cl2N4O. The lowest BCUT2D eigenvalue weighted by Crippen LogP contribution is -2.47. The molecule has 2 atom stereocenters. The molecule has 0 saturated carbocycles. The quantitative estimate of drug-likeness (QED) is 0.832. The second-order valence-electron chi connectivity index (χ2n) is 6.86. The maximum absolute atomic E-state index is 12.5. The number of benzene rings is 1. The maximum Gasteiger partial charge on any atom is 0.224 e. The fourth-order valence-corrected chi connectivity index (χ4v) is 3.59. The van der Waals surface area contributed by atoms with E-state index in [4.69, 9.17) is 11.6 Å². The molecule has 7 heteroatoms. The van der Waals surface area contributed by atoms with E-state index in [0.29, 0.717) is 17.5 Å². The Balaban J connectivity index is 0.00000243. The highest BCUT2D eigenvalue weighted by Crippen LogP contribution is 2.20. The van der Waals surface area contributed by atoms with E-state index in [1.165, 1.54) is 0 Å². The van der Waals surface area contributed by atoms with Crippen LogP contribution in [0, 0.1) is 13.8 Å². The summed E-state index contributed by atoms with van der Waals surface area (Å²) in [6, 6.07) is 8.27. The third-order valence-electron chi connectivity index (χ3n) is 4.84. The van der Waals surface area contributed by atoms with Gasteiger partial charge in [0.05, 0.1) is 17.8 Å². The number of carbonyl (C=O) groups is 1. The summed E-state index contributed by atoms with van der Waals surface area (Å²) >= 11 is 5.96. The van der Waals surface area contributed by atoms with Gasteiger partial charge in [-0.15, -0.1) is 12.4 Å². The minimum absolute atomic E-state index is 0. The standard InChI is InChI=1S/C19H25ClN4O.ClH/c1-12-10-16(8-9-21-12)22-19(25)11-18-13(2)23-24(14(18)3)17-6-4-15(20)5-7-17;/h4-7,12,16,21H,8-11H2,1-3H3,(H,22,25);1H. The zero-order valence-electron chi connectivity index (χ0n) is 15.4. The Kier molecular flexibility index (Phi) is 7.09. The topological polar surface area (TPSA) is 59.0 Å². The molecule has 0 radical (unpaired) electrons. The van der Waals surface area contributed by atoms with Crippen molar-refractivity contribution in [1.82, 2.24) is 20.4 Å². The van der Waals surface area contributed by atoms with Gasteiger partial charge >= 0.3 is 0 Å². The summed E-state index contributed by atoms with van der Waals surface area (Å²) in [6.07, 6.45) is 2.33. The van der Waals surface area contributed by atoms with Crippen molar-refractivity contribution in [3.8, 4) is 5.69 Å². The molecule has 26 heavy (non-hydrogen) atoms. The van der Waals surface area contributed by atoms with E-state index in [1.807, 2.05) is 42.8 Å². The molecule has 1 aliphatic rings. The first-order chi connectivity index (χ1) is 11.9. The Hall–Kier alpha value is -1.56. The van der Waals surface area contributed by atoms with E-state index >= 15 is 0 Å². The predicted octanol–water partition coefficient (Wildman–Crippen LogP) is 3.36. The fourth-order valence-electron chi connectivity index (χ4n) is 3.47. The van der Waals surface area contributed by atoms with Gasteiger partial charge in [-0.1, -0.05) is 11.6 Å². The first-order valence-electron chi connectivity index (χ1n) is 8.78. The second kappa shape index (κ2) is 8.89. The van der Waals surface area contributed by atoms with Crippen LogP contribution in [0.1, 0.15) is 36.7 Å². The molecule has 2 N–H and O–H groups in total. The van der Waals surface area contributed by atoms with Gasteiger partial charge in [0, 0.05) is 28.4 Å². The van der Waals surface area contributed by atoms with E-state index in [0.717, 1.165) is 42.0 Å². The van der Waals surface area contributed by atoms with Gasteiger partial charge < -0.3 is 10.6 Å². The van der Waals surface area contributed by atoms with E-state index < -0.39 is 0 Å². The molecule has 2 aromatic rings. The number of aryl methyl sites for hydroxylation is 1. The largest absolute Gasteiger partial charge is 0.353 e. The summed E-state index contributed by atoms with van der Waals surface area (Å²) in [7, 11) is 0. The van der Waals surface area contributed by atoms with Gasteiger partial charge in [0.2, 0.25) is 5.91 Å². The van der Waals surface area contributed by atoms with Gasteiger partial charge in [-0.2, -0.15) is 5.10 Å². The van der Waals surface area contributed by atoms with Crippen molar-refractivity contribution < 1.29 is 4.79 Å². The van der Waals surface area contributed by atoms with Crippen LogP contribution in [0.2, 0.25) is 5.02 Å². The van der Waals surface area contributed by atoms with Gasteiger partial charge in [-0.3, -0.25) is 4.79 Å². The van der Waals surface area contributed by atoms with Crippen LogP contribution in [0.5, 0.6) is 0 Å². The van der Waals surface area contributed by atoms with E-state index in [-0.39, 0.29) is 24.4 Å². The molecule has 1 fully saturated rings. The second-order valence-corrected chi connectivity index (χ2v) is 7.29. The van der Waals surface area contributed by atoms with Crippen molar-refractivity contribution in [2.45, 2.75) is 52.1 Å². The molecule has 1 aromatic carbocycles. The highest BCUT2D eigenvalue weighted by atomic mass is 35.5. The molecule has 1 aliphatic heterocycles. The van der Waals surface area contributed by atoms with Crippen LogP contribution in [0.15, 0.2) is 24.3 Å². The molecule has 1 amide bonds. The predicted molar refractivity (Wildman–Crippen MR) is 108 cm³/mol. The molecule has 1 saturated heterocycles. The van der Waals surface area contributed by atoms with Gasteiger partial charge in [0.1, 0.15) is 0 Å².